The van der Waals surface area contributed by atoms with Crippen molar-refractivity contribution >= 4 is 11.2 Å². The number of hydrogen-bond acceptors (Lipinski definition) is 9. The fourth-order valence-corrected chi connectivity index (χ4v) is 2.38. The Morgan fingerprint density at radius 1 is 1.23 bits per heavy atom. The molecule has 1 saturated heterocycles. The van der Waals surface area contributed by atoms with Gasteiger partial charge in [0.15, 0.2) is 17.7 Å². The van der Waals surface area contributed by atoms with Crippen LogP contribution < -0.4 is 0 Å². The van der Waals surface area contributed by atoms with Gasteiger partial charge < -0.3 is 30.3 Å². The van der Waals surface area contributed by atoms with Crippen molar-refractivity contribution in [2.75, 3.05) is 13.2 Å². The zero-order chi connectivity index (χ0) is 15.9. The lowest BCUT2D eigenvalue weighted by Crippen LogP contribution is -2.33. The molecule has 0 aromatic carbocycles. The van der Waals surface area contributed by atoms with Crippen molar-refractivity contribution in [2.24, 2.45) is 0 Å². The van der Waals surface area contributed by atoms with Crippen molar-refractivity contribution in [3.05, 3.63) is 18.3 Å². The van der Waals surface area contributed by atoms with Gasteiger partial charge in [-0.05, 0) is 0 Å². The fraction of sp³-hybridized carbons (Fsp3) is 0.583. The predicted molar refractivity (Wildman–Crippen MR) is 70.4 cm³/mol. The molecule has 3 heterocycles. The first-order valence-electron chi connectivity index (χ1n) is 6.67. The predicted octanol–water partition coefficient (Wildman–Crippen LogP) is -2.54. The molecular weight excluding hydrogens is 296 g/mol. The molecule has 5 N–H and O–H groups in total. The maximum atomic E-state index is 10.0. The van der Waals surface area contributed by atoms with Crippen LogP contribution in [-0.2, 0) is 4.74 Å². The molecule has 1 aliphatic heterocycles. The Morgan fingerprint density at radius 2 is 2.00 bits per heavy atom. The van der Waals surface area contributed by atoms with E-state index in [0.717, 1.165) is 0 Å². The number of fused-ring (bicyclic) bond motifs is 1. The van der Waals surface area contributed by atoms with Gasteiger partial charge in [0.05, 0.1) is 25.7 Å². The number of rotatable bonds is 4. The van der Waals surface area contributed by atoms with Gasteiger partial charge in [0.25, 0.3) is 0 Å². The summed E-state index contributed by atoms with van der Waals surface area (Å²) >= 11 is 0. The van der Waals surface area contributed by atoms with Gasteiger partial charge in [0.2, 0.25) is 0 Å². The molecule has 120 valence electrons. The molecule has 10 nitrogen and oxygen atoms in total. The number of aliphatic hydroxyl groups is 5. The molecule has 1 fully saturated rings. The Balaban J connectivity index is 2.00. The van der Waals surface area contributed by atoms with E-state index >= 15 is 0 Å². The van der Waals surface area contributed by atoms with Crippen LogP contribution in [0.25, 0.3) is 11.2 Å². The van der Waals surface area contributed by atoms with E-state index in [0.29, 0.717) is 5.52 Å². The Morgan fingerprint density at radius 3 is 2.64 bits per heavy atom. The van der Waals surface area contributed by atoms with E-state index in [9.17, 15) is 15.3 Å². The standard InChI is InChI=1S/C12H16N4O6/c17-2-6(19)10-13-1-5-11(15-10)16(4-14-5)12-9(21)8(20)7(3-18)22-12/h1,4,6-9,12,17-21H,2-3H2/t6?,7-,8-,9-,12-/m1/s1. The fourth-order valence-electron chi connectivity index (χ4n) is 2.38. The molecule has 1 aliphatic rings. The molecule has 22 heavy (non-hydrogen) atoms. The molecule has 1 unspecified atom stereocenters. The lowest BCUT2D eigenvalue weighted by Gasteiger charge is -2.16. The Kier molecular flexibility index (Phi) is 4.04. The second-order valence-corrected chi connectivity index (χ2v) is 5.02. The van der Waals surface area contributed by atoms with Crippen molar-refractivity contribution in [1.82, 2.24) is 19.5 Å². The van der Waals surface area contributed by atoms with Gasteiger partial charge in [-0.2, -0.15) is 0 Å². The zero-order valence-electron chi connectivity index (χ0n) is 11.4. The molecular formula is C12H16N4O6. The summed E-state index contributed by atoms with van der Waals surface area (Å²) in [4.78, 5) is 12.1. The summed E-state index contributed by atoms with van der Waals surface area (Å²) in [7, 11) is 0. The van der Waals surface area contributed by atoms with Crippen LogP contribution in [0, 0.1) is 0 Å². The summed E-state index contributed by atoms with van der Waals surface area (Å²) in [5.74, 6) is 0.00323. The number of aliphatic hydroxyl groups excluding tert-OH is 5. The van der Waals surface area contributed by atoms with Gasteiger partial charge in [-0.3, -0.25) is 4.57 Å². The molecule has 3 rings (SSSR count). The maximum absolute atomic E-state index is 10.0. The second-order valence-electron chi connectivity index (χ2n) is 5.02. The minimum Gasteiger partial charge on any atom is -0.394 e. The highest BCUT2D eigenvalue weighted by Gasteiger charge is 2.43. The SMILES string of the molecule is OCC(O)c1ncc2ncn([C@@H]3O[C@H](CO)[C@@H](O)[C@H]3O)c2n1. The van der Waals surface area contributed by atoms with Crippen LogP contribution in [0.5, 0.6) is 0 Å². The zero-order valence-corrected chi connectivity index (χ0v) is 11.4. The van der Waals surface area contributed by atoms with E-state index in [1.165, 1.54) is 17.1 Å². The van der Waals surface area contributed by atoms with E-state index in [1.54, 1.807) is 0 Å². The third-order valence-electron chi connectivity index (χ3n) is 3.60. The van der Waals surface area contributed by atoms with E-state index in [-0.39, 0.29) is 11.5 Å². The molecule has 2 aromatic heterocycles. The molecule has 0 saturated carbocycles. The number of nitrogens with zero attached hydrogens (tertiary/aromatic N) is 4. The molecule has 0 spiro atoms. The quantitative estimate of drug-likeness (QED) is 0.411. The highest BCUT2D eigenvalue weighted by Crippen LogP contribution is 2.31. The summed E-state index contributed by atoms with van der Waals surface area (Å²) in [5, 5.41) is 47.5. The summed E-state index contributed by atoms with van der Waals surface area (Å²) in [5.41, 5.74) is 0.666. The van der Waals surface area contributed by atoms with Crippen LogP contribution in [0.3, 0.4) is 0 Å². The van der Waals surface area contributed by atoms with Gasteiger partial charge in [-0.1, -0.05) is 0 Å². The molecule has 0 radical (unpaired) electrons. The van der Waals surface area contributed by atoms with Crippen molar-refractivity contribution in [3.63, 3.8) is 0 Å². The van der Waals surface area contributed by atoms with Gasteiger partial charge in [0.1, 0.15) is 29.9 Å². The average Bonchev–Trinajstić information content (AvgIpc) is 3.08. The average molecular weight is 312 g/mol. The number of imidazole rings is 1. The normalized spacial score (nSPS) is 30.0. The summed E-state index contributed by atoms with van der Waals surface area (Å²) < 4.78 is 6.80. The van der Waals surface area contributed by atoms with Crippen molar-refractivity contribution in [2.45, 2.75) is 30.6 Å². The molecule has 0 aliphatic carbocycles. The molecule has 5 atom stereocenters. The largest absolute Gasteiger partial charge is 0.394 e. The Hall–Kier alpha value is -1.69. The molecule has 0 bridgehead atoms. The van der Waals surface area contributed by atoms with Crippen LogP contribution >= 0.6 is 0 Å². The van der Waals surface area contributed by atoms with Crippen LogP contribution in [0.4, 0.5) is 0 Å². The molecule has 10 heteroatoms. The van der Waals surface area contributed by atoms with Gasteiger partial charge >= 0.3 is 0 Å². The highest BCUT2D eigenvalue weighted by atomic mass is 16.6. The second kappa shape index (κ2) is 5.83. The van der Waals surface area contributed by atoms with Gasteiger partial charge in [0, 0.05) is 0 Å². The third kappa shape index (κ3) is 2.35. The third-order valence-corrected chi connectivity index (χ3v) is 3.60. The van der Waals surface area contributed by atoms with Gasteiger partial charge in [-0.25, -0.2) is 15.0 Å². The van der Waals surface area contributed by atoms with Crippen molar-refractivity contribution < 1.29 is 30.3 Å². The first-order chi connectivity index (χ1) is 10.6. The first-order valence-corrected chi connectivity index (χ1v) is 6.67. The van der Waals surface area contributed by atoms with E-state index in [2.05, 4.69) is 15.0 Å². The lowest BCUT2D eigenvalue weighted by atomic mass is 10.1. The van der Waals surface area contributed by atoms with Crippen molar-refractivity contribution in [1.29, 1.82) is 0 Å². The topological polar surface area (TPSA) is 154 Å². The maximum Gasteiger partial charge on any atom is 0.165 e. The van der Waals surface area contributed by atoms with E-state index in [1.807, 2.05) is 0 Å². The van der Waals surface area contributed by atoms with Gasteiger partial charge in [-0.15, -0.1) is 0 Å². The summed E-state index contributed by atoms with van der Waals surface area (Å²) in [6, 6.07) is 0. The number of aromatic nitrogens is 4. The van der Waals surface area contributed by atoms with Crippen LogP contribution in [0.15, 0.2) is 12.5 Å². The first kappa shape index (κ1) is 15.2. The van der Waals surface area contributed by atoms with E-state index in [4.69, 9.17) is 14.9 Å². The van der Waals surface area contributed by atoms with Crippen LogP contribution in [0.1, 0.15) is 18.2 Å². The summed E-state index contributed by atoms with van der Waals surface area (Å²) in [6.07, 6.45) is -2.91. The molecule has 0 amide bonds. The lowest BCUT2D eigenvalue weighted by molar-refractivity contribution is -0.0511. The Labute approximate surface area is 124 Å². The number of ether oxygens (including phenoxy) is 1. The highest BCUT2D eigenvalue weighted by molar-refractivity contribution is 5.69. The smallest absolute Gasteiger partial charge is 0.165 e. The van der Waals surface area contributed by atoms with E-state index < -0.39 is 43.9 Å². The molecule has 2 aromatic rings. The number of hydrogen-bond donors (Lipinski definition) is 5. The van der Waals surface area contributed by atoms with Crippen LogP contribution in [-0.4, -0.2) is 76.6 Å². The minimum atomic E-state index is -1.27. The summed E-state index contributed by atoms with van der Waals surface area (Å²) in [6.45, 7) is -0.974. The minimum absolute atomic E-state index is 0.00323. The van der Waals surface area contributed by atoms with Crippen molar-refractivity contribution in [3.8, 4) is 0 Å². The monoisotopic (exact) mass is 312 g/mol. The Bertz CT molecular complexity index is 664. The van der Waals surface area contributed by atoms with Crippen LogP contribution in [0.2, 0.25) is 0 Å².